The minimum absolute atomic E-state index is 0.136. The van der Waals surface area contributed by atoms with Crippen LogP contribution in [0.2, 0.25) is 0 Å². The first kappa shape index (κ1) is 9.75. The van der Waals surface area contributed by atoms with E-state index >= 15 is 0 Å². The van der Waals surface area contributed by atoms with Crippen molar-refractivity contribution in [3.8, 4) is 0 Å². The van der Waals surface area contributed by atoms with Crippen molar-refractivity contribution in [3.05, 3.63) is 12.2 Å². The molecule has 3 N–H and O–H groups in total. The summed E-state index contributed by atoms with van der Waals surface area (Å²) in [4.78, 5) is 0. The Labute approximate surface area is 75.2 Å². The number of rotatable bonds is 4. The molecule has 0 amide bonds. The van der Waals surface area contributed by atoms with E-state index in [2.05, 4.69) is 31.3 Å². The van der Waals surface area contributed by atoms with Crippen molar-refractivity contribution in [1.29, 1.82) is 0 Å². The molecule has 1 rings (SSSR count). The second kappa shape index (κ2) is 4.06. The minimum atomic E-state index is 0.136. The summed E-state index contributed by atoms with van der Waals surface area (Å²) in [5, 5.41) is 3.60. The maximum atomic E-state index is 5.71. The van der Waals surface area contributed by atoms with E-state index in [4.69, 9.17) is 5.73 Å². The molecule has 1 aliphatic rings. The Balaban J connectivity index is 2.36. The maximum Gasteiger partial charge on any atom is 0.0275 e. The van der Waals surface area contributed by atoms with Crippen LogP contribution in [0.5, 0.6) is 0 Å². The molecule has 70 valence electrons. The third kappa shape index (κ3) is 2.32. The fourth-order valence-electron chi connectivity index (χ4n) is 1.53. The quantitative estimate of drug-likeness (QED) is 0.623. The lowest BCUT2D eigenvalue weighted by Gasteiger charge is -2.31. The molecule has 0 saturated heterocycles. The van der Waals surface area contributed by atoms with Gasteiger partial charge in [-0.2, -0.15) is 0 Å². The van der Waals surface area contributed by atoms with E-state index in [-0.39, 0.29) is 5.54 Å². The van der Waals surface area contributed by atoms with Crippen molar-refractivity contribution in [3.63, 3.8) is 0 Å². The molecule has 0 radical (unpaired) electrons. The lowest BCUT2D eigenvalue weighted by Crippen LogP contribution is -2.51. The highest BCUT2D eigenvalue weighted by molar-refractivity contribution is 5.00. The highest BCUT2D eigenvalue weighted by Crippen LogP contribution is 2.15. The molecule has 1 aliphatic carbocycles. The largest absolute Gasteiger partial charge is 0.329 e. The summed E-state index contributed by atoms with van der Waals surface area (Å²) in [7, 11) is 0. The first-order valence-electron chi connectivity index (χ1n) is 4.83. The summed E-state index contributed by atoms with van der Waals surface area (Å²) >= 11 is 0. The summed E-state index contributed by atoms with van der Waals surface area (Å²) in [6.45, 7) is 5.10. The van der Waals surface area contributed by atoms with Crippen molar-refractivity contribution in [2.45, 2.75) is 44.7 Å². The van der Waals surface area contributed by atoms with Gasteiger partial charge in [0, 0.05) is 18.1 Å². The molecule has 0 aromatic carbocycles. The summed E-state index contributed by atoms with van der Waals surface area (Å²) in [5.74, 6) is 0. The molecule has 2 heteroatoms. The predicted molar refractivity (Wildman–Crippen MR) is 53.0 cm³/mol. The topological polar surface area (TPSA) is 38.0 Å². The van der Waals surface area contributed by atoms with E-state index < -0.39 is 0 Å². The van der Waals surface area contributed by atoms with Gasteiger partial charge in [-0.3, -0.25) is 0 Å². The van der Waals surface area contributed by atoms with Gasteiger partial charge in [0.1, 0.15) is 0 Å². The molecule has 0 aromatic rings. The van der Waals surface area contributed by atoms with Gasteiger partial charge in [0.2, 0.25) is 0 Å². The van der Waals surface area contributed by atoms with Crippen LogP contribution in [0.25, 0.3) is 0 Å². The molecule has 0 heterocycles. The number of hydrogen-bond acceptors (Lipinski definition) is 2. The van der Waals surface area contributed by atoms with Crippen LogP contribution >= 0.6 is 0 Å². The fraction of sp³-hybridized carbons (Fsp3) is 0.800. The molecule has 0 aliphatic heterocycles. The molecule has 0 spiro atoms. The third-order valence-electron chi connectivity index (χ3n) is 2.79. The van der Waals surface area contributed by atoms with Gasteiger partial charge in [-0.05, 0) is 26.2 Å². The van der Waals surface area contributed by atoms with Gasteiger partial charge >= 0.3 is 0 Å². The Kier molecular flexibility index (Phi) is 3.29. The zero-order valence-electron chi connectivity index (χ0n) is 8.14. The summed E-state index contributed by atoms with van der Waals surface area (Å²) in [6, 6.07) is 0.624. The van der Waals surface area contributed by atoms with Crippen molar-refractivity contribution >= 4 is 0 Å². The number of nitrogens with two attached hydrogens (primary N) is 1. The van der Waals surface area contributed by atoms with Crippen LogP contribution in [0.3, 0.4) is 0 Å². The molecule has 2 nitrogen and oxygen atoms in total. The van der Waals surface area contributed by atoms with E-state index in [0.717, 1.165) is 25.8 Å². The lowest BCUT2D eigenvalue weighted by atomic mass is 9.97. The maximum absolute atomic E-state index is 5.71. The van der Waals surface area contributed by atoms with Crippen LogP contribution in [-0.4, -0.2) is 18.1 Å². The Morgan fingerprint density at radius 3 is 2.50 bits per heavy atom. The average Bonchev–Trinajstić information content (AvgIpc) is 2.57. The molecule has 0 saturated carbocycles. The van der Waals surface area contributed by atoms with Crippen LogP contribution < -0.4 is 11.1 Å². The Bertz CT molecular complexity index is 151. The normalized spacial score (nSPS) is 22.9. The fourth-order valence-corrected chi connectivity index (χ4v) is 1.53. The zero-order chi connectivity index (χ0) is 9.03. The average molecular weight is 168 g/mol. The summed E-state index contributed by atoms with van der Waals surface area (Å²) < 4.78 is 0. The van der Waals surface area contributed by atoms with Gasteiger partial charge in [-0.15, -0.1) is 0 Å². The predicted octanol–water partition coefficient (Wildman–Crippen LogP) is 1.42. The van der Waals surface area contributed by atoms with Gasteiger partial charge in [0.15, 0.2) is 0 Å². The monoisotopic (exact) mass is 168 g/mol. The van der Waals surface area contributed by atoms with Crippen molar-refractivity contribution in [2.75, 3.05) is 6.54 Å². The van der Waals surface area contributed by atoms with Gasteiger partial charge in [0.05, 0.1) is 0 Å². The van der Waals surface area contributed by atoms with Crippen LogP contribution in [0.15, 0.2) is 12.2 Å². The van der Waals surface area contributed by atoms with Gasteiger partial charge in [-0.1, -0.05) is 19.1 Å². The zero-order valence-corrected chi connectivity index (χ0v) is 8.14. The molecule has 0 aromatic heterocycles. The molecule has 1 atom stereocenters. The first-order chi connectivity index (χ1) is 5.70. The third-order valence-corrected chi connectivity index (χ3v) is 2.79. The molecular formula is C10H20N2. The van der Waals surface area contributed by atoms with Crippen molar-refractivity contribution < 1.29 is 0 Å². The molecule has 0 bridgehead atoms. The Morgan fingerprint density at radius 1 is 1.50 bits per heavy atom. The van der Waals surface area contributed by atoms with Gasteiger partial charge < -0.3 is 11.1 Å². The number of hydrogen-bond donors (Lipinski definition) is 2. The van der Waals surface area contributed by atoms with E-state index in [1.165, 1.54) is 0 Å². The van der Waals surface area contributed by atoms with Crippen LogP contribution in [0.4, 0.5) is 0 Å². The highest BCUT2D eigenvalue weighted by atomic mass is 15.0. The standard InChI is InChI=1S/C10H20N2/c1-3-10(2,8-11)12-9-6-4-5-7-9/h4-5,9,12H,3,6-8,11H2,1-2H3. The molecule has 0 fully saturated rings. The smallest absolute Gasteiger partial charge is 0.0275 e. The summed E-state index contributed by atoms with van der Waals surface area (Å²) in [6.07, 6.45) is 7.90. The lowest BCUT2D eigenvalue weighted by molar-refractivity contribution is 0.310. The van der Waals surface area contributed by atoms with Gasteiger partial charge in [-0.25, -0.2) is 0 Å². The second-order valence-corrected chi connectivity index (χ2v) is 3.90. The first-order valence-corrected chi connectivity index (χ1v) is 4.83. The molecule has 1 unspecified atom stereocenters. The van der Waals surface area contributed by atoms with Crippen LogP contribution in [-0.2, 0) is 0 Å². The molecular weight excluding hydrogens is 148 g/mol. The Morgan fingerprint density at radius 2 is 2.08 bits per heavy atom. The number of nitrogens with one attached hydrogen (secondary N) is 1. The second-order valence-electron chi connectivity index (χ2n) is 3.90. The minimum Gasteiger partial charge on any atom is -0.329 e. The van der Waals surface area contributed by atoms with E-state index in [9.17, 15) is 0 Å². The van der Waals surface area contributed by atoms with E-state index in [1.54, 1.807) is 0 Å². The van der Waals surface area contributed by atoms with E-state index in [0.29, 0.717) is 6.04 Å². The van der Waals surface area contributed by atoms with Gasteiger partial charge in [0.25, 0.3) is 0 Å². The Hall–Kier alpha value is -0.340. The highest BCUT2D eigenvalue weighted by Gasteiger charge is 2.23. The van der Waals surface area contributed by atoms with Crippen LogP contribution in [0.1, 0.15) is 33.1 Å². The van der Waals surface area contributed by atoms with Crippen molar-refractivity contribution in [2.24, 2.45) is 5.73 Å². The SMILES string of the molecule is CCC(C)(CN)NC1CC=CC1. The van der Waals surface area contributed by atoms with Crippen LogP contribution in [0, 0.1) is 0 Å². The van der Waals surface area contributed by atoms with Crippen molar-refractivity contribution in [1.82, 2.24) is 5.32 Å². The summed E-state index contributed by atoms with van der Waals surface area (Å²) in [5.41, 5.74) is 5.85. The van der Waals surface area contributed by atoms with E-state index in [1.807, 2.05) is 0 Å². The molecule has 12 heavy (non-hydrogen) atoms.